The first kappa shape index (κ1) is 14.7. The van der Waals surface area contributed by atoms with E-state index in [0.717, 1.165) is 23.2 Å². The lowest BCUT2D eigenvalue weighted by atomic mass is 10.5. The SMILES string of the molecule is CCN(CC)C(=S)SCCOCCC#N. The summed E-state index contributed by atoms with van der Waals surface area (Å²) in [6.45, 7) is 7.29. The number of ether oxygens (including phenoxy) is 1. The molecule has 0 fully saturated rings. The van der Waals surface area contributed by atoms with Crippen LogP contribution in [0.3, 0.4) is 0 Å². The minimum absolute atomic E-state index is 0.463. The minimum atomic E-state index is 0.463. The number of rotatable bonds is 7. The fourth-order valence-corrected chi connectivity index (χ4v) is 2.31. The maximum absolute atomic E-state index is 8.28. The van der Waals surface area contributed by atoms with E-state index in [0.29, 0.717) is 19.6 Å². The first-order valence-corrected chi connectivity index (χ1v) is 6.52. The van der Waals surface area contributed by atoms with Gasteiger partial charge < -0.3 is 9.64 Å². The fourth-order valence-electron chi connectivity index (χ4n) is 0.981. The monoisotopic (exact) mass is 246 g/mol. The molecular formula is C10H18N2OS2. The second-order valence-corrected chi connectivity index (χ2v) is 4.54. The van der Waals surface area contributed by atoms with E-state index in [9.17, 15) is 0 Å². The van der Waals surface area contributed by atoms with Crippen molar-refractivity contribution in [2.75, 3.05) is 32.1 Å². The molecule has 0 spiro atoms. The lowest BCUT2D eigenvalue weighted by Gasteiger charge is -2.20. The summed E-state index contributed by atoms with van der Waals surface area (Å²) in [6, 6.07) is 2.04. The molecule has 0 unspecified atom stereocenters. The fraction of sp³-hybridized carbons (Fsp3) is 0.800. The van der Waals surface area contributed by atoms with E-state index >= 15 is 0 Å². The van der Waals surface area contributed by atoms with E-state index in [1.807, 2.05) is 6.07 Å². The molecule has 15 heavy (non-hydrogen) atoms. The predicted molar refractivity (Wildman–Crippen MR) is 69.0 cm³/mol. The van der Waals surface area contributed by atoms with Gasteiger partial charge in [0.2, 0.25) is 0 Å². The molecule has 0 aliphatic heterocycles. The third-order valence-electron chi connectivity index (χ3n) is 1.83. The highest BCUT2D eigenvalue weighted by Crippen LogP contribution is 2.08. The van der Waals surface area contributed by atoms with Gasteiger partial charge in [0.25, 0.3) is 0 Å². The molecule has 0 saturated heterocycles. The van der Waals surface area contributed by atoms with Gasteiger partial charge in [-0.3, -0.25) is 0 Å². The molecule has 0 N–H and O–H groups in total. The van der Waals surface area contributed by atoms with Gasteiger partial charge in [-0.1, -0.05) is 24.0 Å². The van der Waals surface area contributed by atoms with E-state index in [1.165, 1.54) is 0 Å². The van der Waals surface area contributed by atoms with Gasteiger partial charge in [-0.25, -0.2) is 0 Å². The Morgan fingerprint density at radius 2 is 2.07 bits per heavy atom. The summed E-state index contributed by atoms with van der Waals surface area (Å²) >= 11 is 6.90. The lowest BCUT2D eigenvalue weighted by molar-refractivity contribution is 0.156. The van der Waals surface area contributed by atoms with Crippen LogP contribution in [0.2, 0.25) is 0 Å². The Morgan fingerprint density at radius 3 is 2.60 bits per heavy atom. The zero-order chi connectivity index (χ0) is 11.5. The Bertz CT molecular complexity index is 212. The van der Waals surface area contributed by atoms with Crippen LogP contribution >= 0.6 is 24.0 Å². The van der Waals surface area contributed by atoms with Crippen molar-refractivity contribution < 1.29 is 4.74 Å². The van der Waals surface area contributed by atoms with Gasteiger partial charge in [-0.15, -0.1) is 0 Å². The molecule has 3 nitrogen and oxygen atoms in total. The van der Waals surface area contributed by atoms with Crippen molar-refractivity contribution in [3.8, 4) is 6.07 Å². The Hall–Kier alpha value is -0.310. The second kappa shape index (κ2) is 10.2. The molecule has 0 aliphatic carbocycles. The van der Waals surface area contributed by atoms with Crippen molar-refractivity contribution in [1.29, 1.82) is 5.26 Å². The number of nitriles is 1. The van der Waals surface area contributed by atoms with Crippen LogP contribution in [0.15, 0.2) is 0 Å². The molecule has 0 bridgehead atoms. The smallest absolute Gasteiger partial charge is 0.136 e. The Labute approximate surface area is 102 Å². The molecule has 5 heteroatoms. The van der Waals surface area contributed by atoms with E-state index < -0.39 is 0 Å². The van der Waals surface area contributed by atoms with Crippen LogP contribution < -0.4 is 0 Å². The van der Waals surface area contributed by atoms with Gasteiger partial charge in [0.15, 0.2) is 0 Å². The van der Waals surface area contributed by atoms with Crippen LogP contribution in [0, 0.1) is 11.3 Å². The van der Waals surface area contributed by atoms with E-state index in [2.05, 4.69) is 18.7 Å². The molecule has 86 valence electrons. The highest BCUT2D eigenvalue weighted by molar-refractivity contribution is 8.22. The van der Waals surface area contributed by atoms with Crippen LogP contribution in [0.4, 0.5) is 0 Å². The van der Waals surface area contributed by atoms with E-state index in [1.54, 1.807) is 11.8 Å². The third kappa shape index (κ3) is 7.60. The largest absolute Gasteiger partial charge is 0.380 e. The van der Waals surface area contributed by atoms with E-state index in [4.69, 9.17) is 22.2 Å². The quantitative estimate of drug-likeness (QED) is 0.509. The number of nitrogens with zero attached hydrogens (tertiary/aromatic N) is 2. The minimum Gasteiger partial charge on any atom is -0.380 e. The molecular weight excluding hydrogens is 228 g/mol. The van der Waals surface area contributed by atoms with Gasteiger partial charge >= 0.3 is 0 Å². The predicted octanol–water partition coefficient (Wildman–Crippen LogP) is 2.28. The normalized spacial score (nSPS) is 9.67. The molecule has 0 rings (SSSR count). The van der Waals surface area contributed by atoms with Crippen LogP contribution in [-0.4, -0.2) is 41.3 Å². The zero-order valence-corrected chi connectivity index (χ0v) is 11.0. The zero-order valence-electron chi connectivity index (χ0n) is 9.36. The molecule has 0 aliphatic rings. The standard InChI is InChI=1S/C10H18N2OS2/c1-3-12(4-2)10(14)15-9-8-13-7-5-6-11/h3-5,7-9H2,1-2H3. The van der Waals surface area contributed by atoms with Crippen molar-refractivity contribution in [2.24, 2.45) is 0 Å². The van der Waals surface area contributed by atoms with Crippen molar-refractivity contribution in [2.45, 2.75) is 20.3 Å². The van der Waals surface area contributed by atoms with Gasteiger partial charge in [0.05, 0.1) is 25.7 Å². The average molecular weight is 246 g/mol. The summed E-state index contributed by atoms with van der Waals surface area (Å²) in [7, 11) is 0. The summed E-state index contributed by atoms with van der Waals surface area (Å²) in [4.78, 5) is 2.15. The average Bonchev–Trinajstić information content (AvgIpc) is 2.25. The summed E-state index contributed by atoms with van der Waals surface area (Å²) in [5, 5.41) is 8.28. The van der Waals surface area contributed by atoms with Gasteiger partial charge in [0.1, 0.15) is 4.32 Å². The van der Waals surface area contributed by atoms with Crippen LogP contribution in [-0.2, 0) is 4.74 Å². The van der Waals surface area contributed by atoms with Crippen molar-refractivity contribution >= 4 is 28.3 Å². The van der Waals surface area contributed by atoms with Crippen LogP contribution in [0.5, 0.6) is 0 Å². The third-order valence-corrected chi connectivity index (χ3v) is 3.32. The molecule has 0 heterocycles. The van der Waals surface area contributed by atoms with Crippen molar-refractivity contribution in [3.63, 3.8) is 0 Å². The summed E-state index contributed by atoms with van der Waals surface area (Å²) < 4.78 is 6.18. The second-order valence-electron chi connectivity index (χ2n) is 2.81. The van der Waals surface area contributed by atoms with E-state index in [-0.39, 0.29) is 0 Å². The van der Waals surface area contributed by atoms with Gasteiger partial charge in [-0.05, 0) is 13.8 Å². The van der Waals surface area contributed by atoms with Crippen LogP contribution in [0.1, 0.15) is 20.3 Å². The Morgan fingerprint density at radius 1 is 1.40 bits per heavy atom. The molecule has 0 aromatic heterocycles. The summed E-state index contributed by atoms with van der Waals surface area (Å²) in [6.07, 6.45) is 0.463. The summed E-state index contributed by atoms with van der Waals surface area (Å²) in [5.74, 6) is 0.862. The summed E-state index contributed by atoms with van der Waals surface area (Å²) in [5.41, 5.74) is 0. The van der Waals surface area contributed by atoms with Gasteiger partial charge in [-0.2, -0.15) is 5.26 Å². The molecule has 0 amide bonds. The first-order chi connectivity index (χ1) is 7.26. The number of thiocarbonyl (C=S) groups is 1. The molecule has 0 radical (unpaired) electrons. The molecule has 0 atom stereocenters. The first-order valence-electron chi connectivity index (χ1n) is 5.12. The van der Waals surface area contributed by atoms with Gasteiger partial charge in [0, 0.05) is 18.8 Å². The molecule has 0 aromatic carbocycles. The van der Waals surface area contributed by atoms with Crippen molar-refractivity contribution in [3.05, 3.63) is 0 Å². The lowest BCUT2D eigenvalue weighted by Crippen LogP contribution is -2.27. The highest BCUT2D eigenvalue weighted by atomic mass is 32.2. The number of thioether (sulfide) groups is 1. The highest BCUT2D eigenvalue weighted by Gasteiger charge is 2.04. The number of hydrogen-bond donors (Lipinski definition) is 0. The molecule has 0 aromatic rings. The van der Waals surface area contributed by atoms with Crippen molar-refractivity contribution in [1.82, 2.24) is 4.90 Å². The number of hydrogen-bond acceptors (Lipinski definition) is 4. The Balaban J connectivity index is 3.43. The maximum atomic E-state index is 8.28. The molecule has 0 saturated carbocycles. The topological polar surface area (TPSA) is 36.3 Å². The van der Waals surface area contributed by atoms with Crippen LogP contribution in [0.25, 0.3) is 0 Å². The maximum Gasteiger partial charge on any atom is 0.136 e. The Kier molecular flexibility index (Phi) is 10.0.